The van der Waals surface area contributed by atoms with Crippen LogP contribution in [0.15, 0.2) is 24.3 Å². The molecule has 0 saturated heterocycles. The minimum absolute atomic E-state index is 0.213. The van der Waals surface area contributed by atoms with Crippen LogP contribution < -0.4 is 0 Å². The zero-order valence-corrected chi connectivity index (χ0v) is 11.9. The van der Waals surface area contributed by atoms with Gasteiger partial charge in [-0.05, 0) is 25.0 Å². The second kappa shape index (κ2) is 7.14. The molecule has 2 aromatic rings. The van der Waals surface area contributed by atoms with Gasteiger partial charge >= 0.3 is 0 Å². The van der Waals surface area contributed by atoms with Crippen molar-refractivity contribution < 1.29 is 9.13 Å². The summed E-state index contributed by atoms with van der Waals surface area (Å²) in [7, 11) is 0. The lowest BCUT2D eigenvalue weighted by atomic mass is 10.1. The molecule has 1 heterocycles. The van der Waals surface area contributed by atoms with Crippen LogP contribution in [0.3, 0.4) is 0 Å². The van der Waals surface area contributed by atoms with Crippen molar-refractivity contribution in [3.8, 4) is 11.3 Å². The van der Waals surface area contributed by atoms with Gasteiger partial charge in [-0.2, -0.15) is 15.4 Å². The van der Waals surface area contributed by atoms with Crippen LogP contribution in [-0.4, -0.2) is 21.5 Å². The van der Waals surface area contributed by atoms with Gasteiger partial charge in [0.1, 0.15) is 17.2 Å². The summed E-state index contributed by atoms with van der Waals surface area (Å²) in [5.74, 6) is -0.303. The smallest absolute Gasteiger partial charge is 0.132 e. The monoisotopic (exact) mass is 277 g/mol. The van der Waals surface area contributed by atoms with Crippen LogP contribution in [0, 0.1) is 5.82 Å². The van der Waals surface area contributed by atoms with Gasteiger partial charge in [-0.3, -0.25) is 0 Å². The normalized spacial score (nSPS) is 12.6. The Morgan fingerprint density at radius 1 is 1.25 bits per heavy atom. The first-order valence-corrected chi connectivity index (χ1v) is 7.02. The Morgan fingerprint density at radius 2 is 2.05 bits per heavy atom. The van der Waals surface area contributed by atoms with Crippen molar-refractivity contribution in [3.05, 3.63) is 35.8 Å². The number of aromatic nitrogens is 3. The predicted molar refractivity (Wildman–Crippen MR) is 75.6 cm³/mol. The second-order valence-corrected chi connectivity index (χ2v) is 4.73. The maximum atomic E-state index is 13.8. The molecule has 0 aliphatic heterocycles. The first-order valence-electron chi connectivity index (χ1n) is 7.02. The van der Waals surface area contributed by atoms with E-state index in [-0.39, 0.29) is 11.9 Å². The summed E-state index contributed by atoms with van der Waals surface area (Å²) in [4.78, 5) is 0. The Bertz CT molecular complexity index is 541. The van der Waals surface area contributed by atoms with Crippen molar-refractivity contribution in [1.29, 1.82) is 0 Å². The molecule has 0 bridgehead atoms. The third-order valence-corrected chi connectivity index (χ3v) is 3.27. The molecule has 1 unspecified atom stereocenters. The second-order valence-electron chi connectivity index (χ2n) is 4.73. The third kappa shape index (κ3) is 3.42. The van der Waals surface area contributed by atoms with Crippen LogP contribution >= 0.6 is 0 Å². The largest absolute Gasteiger partial charge is 0.372 e. The van der Waals surface area contributed by atoms with Gasteiger partial charge in [0.25, 0.3) is 0 Å². The van der Waals surface area contributed by atoms with Crippen molar-refractivity contribution in [3.63, 3.8) is 0 Å². The fourth-order valence-electron chi connectivity index (χ4n) is 2.15. The Balaban J connectivity index is 2.11. The highest BCUT2D eigenvalue weighted by Crippen LogP contribution is 2.23. The van der Waals surface area contributed by atoms with E-state index in [0.29, 0.717) is 23.6 Å². The maximum absolute atomic E-state index is 13.8. The number of hydrogen-bond acceptors (Lipinski definition) is 3. The van der Waals surface area contributed by atoms with Gasteiger partial charge in [0.15, 0.2) is 0 Å². The van der Waals surface area contributed by atoms with E-state index in [1.807, 2.05) is 0 Å². The zero-order chi connectivity index (χ0) is 14.4. The number of H-pyrrole nitrogens is 1. The van der Waals surface area contributed by atoms with E-state index in [1.165, 1.54) is 6.07 Å². The summed E-state index contributed by atoms with van der Waals surface area (Å²) < 4.78 is 19.6. The molecular weight excluding hydrogens is 257 g/mol. The molecule has 1 N–H and O–H groups in total. The minimum Gasteiger partial charge on any atom is -0.372 e. The van der Waals surface area contributed by atoms with Crippen molar-refractivity contribution in [2.75, 3.05) is 0 Å². The fourth-order valence-corrected chi connectivity index (χ4v) is 2.15. The number of nitrogens with zero attached hydrogens (tertiary/aromatic N) is 2. The van der Waals surface area contributed by atoms with Gasteiger partial charge in [-0.25, -0.2) is 4.39 Å². The number of rotatable bonds is 7. The lowest BCUT2D eigenvalue weighted by Gasteiger charge is -2.14. The molecule has 0 aliphatic rings. The van der Waals surface area contributed by atoms with E-state index >= 15 is 0 Å². The van der Waals surface area contributed by atoms with E-state index in [1.54, 1.807) is 18.2 Å². The van der Waals surface area contributed by atoms with Crippen LogP contribution in [0.4, 0.5) is 4.39 Å². The number of benzene rings is 1. The molecule has 1 aromatic heterocycles. The molecule has 0 saturated carbocycles. The average Bonchev–Trinajstić information content (AvgIpc) is 2.92. The van der Waals surface area contributed by atoms with E-state index in [0.717, 1.165) is 19.3 Å². The number of aromatic amines is 1. The highest BCUT2D eigenvalue weighted by Gasteiger charge is 2.15. The molecule has 1 aromatic carbocycles. The first kappa shape index (κ1) is 14.7. The molecule has 0 spiro atoms. The maximum Gasteiger partial charge on any atom is 0.132 e. The number of halogens is 1. The number of ether oxygens (including phenoxy) is 1. The highest BCUT2D eigenvalue weighted by molar-refractivity contribution is 5.61. The predicted octanol–water partition coefficient (Wildman–Crippen LogP) is 3.71. The Hall–Kier alpha value is -1.75. The molecule has 5 heteroatoms. The van der Waals surface area contributed by atoms with Crippen molar-refractivity contribution in [2.24, 2.45) is 0 Å². The topological polar surface area (TPSA) is 50.8 Å². The van der Waals surface area contributed by atoms with E-state index < -0.39 is 0 Å². The highest BCUT2D eigenvalue weighted by atomic mass is 19.1. The Labute approximate surface area is 118 Å². The van der Waals surface area contributed by atoms with Crippen LogP contribution in [0.1, 0.15) is 38.8 Å². The van der Waals surface area contributed by atoms with Gasteiger partial charge < -0.3 is 4.74 Å². The molecule has 108 valence electrons. The van der Waals surface area contributed by atoms with Crippen LogP contribution in [0.25, 0.3) is 11.3 Å². The van der Waals surface area contributed by atoms with Crippen LogP contribution in [-0.2, 0) is 11.3 Å². The first-order chi connectivity index (χ1) is 9.76. The molecule has 0 aliphatic carbocycles. The van der Waals surface area contributed by atoms with Crippen LogP contribution in [0.5, 0.6) is 0 Å². The van der Waals surface area contributed by atoms with E-state index in [4.69, 9.17) is 4.74 Å². The standard InChI is InChI=1S/C15H20FN3O/c1-3-7-11(4-2)20-10-14-15(18-19-17-14)12-8-5-6-9-13(12)16/h5-6,8-9,11H,3-4,7,10H2,1-2H3,(H,17,18,19). The molecule has 4 nitrogen and oxygen atoms in total. The zero-order valence-electron chi connectivity index (χ0n) is 11.9. The summed E-state index contributed by atoms with van der Waals surface area (Å²) in [6.45, 7) is 4.58. The van der Waals surface area contributed by atoms with E-state index in [2.05, 4.69) is 29.3 Å². The molecule has 20 heavy (non-hydrogen) atoms. The van der Waals surface area contributed by atoms with Gasteiger partial charge in [0.2, 0.25) is 0 Å². The van der Waals surface area contributed by atoms with Gasteiger partial charge in [-0.1, -0.05) is 32.4 Å². The van der Waals surface area contributed by atoms with Gasteiger partial charge in [-0.15, -0.1) is 0 Å². The Kier molecular flexibility index (Phi) is 5.24. The summed E-state index contributed by atoms with van der Waals surface area (Å²) in [6, 6.07) is 6.55. The quantitative estimate of drug-likeness (QED) is 0.839. The fraction of sp³-hybridized carbons (Fsp3) is 0.467. The summed E-state index contributed by atoms with van der Waals surface area (Å²) in [6.07, 6.45) is 3.27. The number of nitrogens with one attached hydrogen (secondary N) is 1. The van der Waals surface area contributed by atoms with Gasteiger partial charge in [0.05, 0.1) is 12.7 Å². The third-order valence-electron chi connectivity index (χ3n) is 3.27. The van der Waals surface area contributed by atoms with Gasteiger partial charge in [0, 0.05) is 5.56 Å². The molecular formula is C15H20FN3O. The summed E-state index contributed by atoms with van der Waals surface area (Å²) in [5.41, 5.74) is 1.61. The molecule has 0 fully saturated rings. The van der Waals surface area contributed by atoms with Crippen LogP contribution in [0.2, 0.25) is 0 Å². The lowest BCUT2D eigenvalue weighted by Crippen LogP contribution is -2.11. The molecule has 2 rings (SSSR count). The Morgan fingerprint density at radius 3 is 2.75 bits per heavy atom. The molecule has 0 radical (unpaired) electrons. The van der Waals surface area contributed by atoms with Crippen molar-refractivity contribution in [2.45, 2.75) is 45.8 Å². The minimum atomic E-state index is -0.303. The SMILES string of the molecule is CCCC(CC)OCc1n[nH]nc1-c1ccccc1F. The average molecular weight is 277 g/mol. The molecule has 1 atom stereocenters. The lowest BCUT2D eigenvalue weighted by molar-refractivity contribution is 0.0306. The summed E-state index contributed by atoms with van der Waals surface area (Å²) in [5, 5.41) is 10.7. The molecule has 0 amide bonds. The number of hydrogen-bond donors (Lipinski definition) is 1. The van der Waals surface area contributed by atoms with Crippen molar-refractivity contribution >= 4 is 0 Å². The van der Waals surface area contributed by atoms with E-state index in [9.17, 15) is 4.39 Å². The van der Waals surface area contributed by atoms with Crippen molar-refractivity contribution in [1.82, 2.24) is 15.4 Å². The summed E-state index contributed by atoms with van der Waals surface area (Å²) >= 11 is 0.